The first-order valence-corrected chi connectivity index (χ1v) is 9.28. The summed E-state index contributed by atoms with van der Waals surface area (Å²) < 4.78 is 54.2. The normalized spacial score (nSPS) is 12.9. The highest BCUT2D eigenvalue weighted by Gasteiger charge is 2.30. The molecule has 0 spiro atoms. The van der Waals surface area contributed by atoms with Gasteiger partial charge in [0.1, 0.15) is 19.8 Å². The average Bonchev–Trinajstić information content (AvgIpc) is 2.72. The minimum atomic E-state index is -4.45. The van der Waals surface area contributed by atoms with E-state index in [-0.39, 0.29) is 25.3 Å². The van der Waals surface area contributed by atoms with Crippen LogP contribution in [0.3, 0.4) is 0 Å². The summed E-state index contributed by atoms with van der Waals surface area (Å²) in [6.45, 7) is 2.13. The van der Waals surface area contributed by atoms with Gasteiger partial charge in [-0.3, -0.25) is 9.59 Å². The van der Waals surface area contributed by atoms with Crippen LogP contribution in [0.1, 0.15) is 28.4 Å². The molecule has 1 aliphatic heterocycles. The third kappa shape index (κ3) is 5.22. The Kier molecular flexibility index (Phi) is 6.49. The number of rotatable bonds is 6. The van der Waals surface area contributed by atoms with E-state index in [2.05, 4.69) is 0 Å². The van der Waals surface area contributed by atoms with Crippen LogP contribution in [0.2, 0.25) is 0 Å². The van der Waals surface area contributed by atoms with Crippen LogP contribution in [-0.4, -0.2) is 43.1 Å². The number of amides is 1. The predicted molar refractivity (Wildman–Crippen MR) is 100 cm³/mol. The van der Waals surface area contributed by atoms with Crippen molar-refractivity contribution < 1.29 is 37.0 Å². The molecule has 0 N–H and O–H groups in total. The SMILES string of the molecule is CCOC(=O)CN(Cc1ccc(C(F)(F)F)cc1)C(=O)c1ccc2c(c1)OCCO2. The van der Waals surface area contributed by atoms with Gasteiger partial charge in [-0.25, -0.2) is 0 Å². The zero-order valence-electron chi connectivity index (χ0n) is 16.2. The summed E-state index contributed by atoms with van der Waals surface area (Å²) in [6, 6.07) is 9.08. The van der Waals surface area contributed by atoms with Crippen LogP contribution < -0.4 is 9.47 Å². The molecule has 0 aromatic heterocycles. The smallest absolute Gasteiger partial charge is 0.416 e. The zero-order valence-corrected chi connectivity index (χ0v) is 16.2. The molecular formula is C21H20F3NO5. The van der Waals surface area contributed by atoms with Crippen LogP contribution in [0.15, 0.2) is 42.5 Å². The van der Waals surface area contributed by atoms with Gasteiger partial charge in [0.15, 0.2) is 11.5 Å². The van der Waals surface area contributed by atoms with Crippen LogP contribution in [0.5, 0.6) is 11.5 Å². The molecule has 0 atom stereocenters. The van der Waals surface area contributed by atoms with E-state index in [0.29, 0.717) is 30.3 Å². The topological polar surface area (TPSA) is 65.1 Å². The maximum Gasteiger partial charge on any atom is 0.416 e. The Morgan fingerprint density at radius 1 is 1.03 bits per heavy atom. The highest BCUT2D eigenvalue weighted by molar-refractivity contribution is 5.96. The van der Waals surface area contributed by atoms with Crippen molar-refractivity contribution in [2.45, 2.75) is 19.6 Å². The summed E-state index contributed by atoms with van der Waals surface area (Å²) in [4.78, 5) is 26.2. The molecule has 0 radical (unpaired) electrons. The fraction of sp³-hybridized carbons (Fsp3) is 0.333. The number of nitrogens with zero attached hydrogens (tertiary/aromatic N) is 1. The van der Waals surface area contributed by atoms with Gasteiger partial charge in [0.2, 0.25) is 0 Å². The second-order valence-corrected chi connectivity index (χ2v) is 6.52. The standard InChI is InChI=1S/C21H20F3NO5/c1-2-28-19(26)13-25(12-14-3-6-16(7-4-14)21(22,23)24)20(27)15-5-8-17-18(11-15)30-10-9-29-17/h3-8,11H,2,9-10,12-13H2,1H3. The number of esters is 1. The van der Waals surface area contributed by atoms with Crippen LogP contribution in [0.25, 0.3) is 0 Å². The fourth-order valence-electron chi connectivity index (χ4n) is 2.94. The first-order chi connectivity index (χ1) is 14.3. The lowest BCUT2D eigenvalue weighted by Gasteiger charge is -2.24. The van der Waals surface area contributed by atoms with E-state index >= 15 is 0 Å². The molecule has 0 fully saturated rings. The quantitative estimate of drug-likeness (QED) is 0.664. The lowest BCUT2D eigenvalue weighted by atomic mass is 10.1. The molecule has 1 aliphatic rings. The van der Waals surface area contributed by atoms with E-state index in [9.17, 15) is 22.8 Å². The van der Waals surface area contributed by atoms with E-state index in [1.807, 2.05) is 0 Å². The maximum atomic E-state index is 13.0. The Hall–Kier alpha value is -3.23. The van der Waals surface area contributed by atoms with Crippen molar-refractivity contribution in [2.75, 3.05) is 26.4 Å². The molecule has 3 rings (SSSR count). The first-order valence-electron chi connectivity index (χ1n) is 9.28. The van der Waals surface area contributed by atoms with E-state index < -0.39 is 23.6 Å². The summed E-state index contributed by atoms with van der Waals surface area (Å²) in [7, 11) is 0. The Morgan fingerprint density at radius 3 is 2.33 bits per heavy atom. The molecule has 1 amide bonds. The number of fused-ring (bicyclic) bond motifs is 1. The van der Waals surface area contributed by atoms with Gasteiger partial charge < -0.3 is 19.1 Å². The van der Waals surface area contributed by atoms with E-state index in [4.69, 9.17) is 14.2 Å². The van der Waals surface area contributed by atoms with Crippen LogP contribution >= 0.6 is 0 Å². The molecule has 160 valence electrons. The molecule has 0 aliphatic carbocycles. The summed E-state index contributed by atoms with van der Waals surface area (Å²) in [5, 5.41) is 0. The minimum Gasteiger partial charge on any atom is -0.486 e. The van der Waals surface area contributed by atoms with Gasteiger partial charge in [0.05, 0.1) is 12.2 Å². The highest BCUT2D eigenvalue weighted by atomic mass is 19.4. The summed E-state index contributed by atoms with van der Waals surface area (Å²) >= 11 is 0. The van der Waals surface area contributed by atoms with Crippen molar-refractivity contribution in [3.05, 3.63) is 59.2 Å². The molecule has 6 nitrogen and oxygen atoms in total. The number of halogens is 3. The van der Waals surface area contributed by atoms with Gasteiger partial charge in [0, 0.05) is 12.1 Å². The molecule has 0 saturated heterocycles. The molecule has 1 heterocycles. The van der Waals surface area contributed by atoms with Crippen molar-refractivity contribution in [3.63, 3.8) is 0 Å². The van der Waals surface area contributed by atoms with Crippen LogP contribution in [0, 0.1) is 0 Å². The Labute approximate surface area is 171 Å². The molecule has 9 heteroatoms. The highest BCUT2D eigenvalue weighted by Crippen LogP contribution is 2.32. The van der Waals surface area contributed by atoms with Crippen molar-refractivity contribution >= 4 is 11.9 Å². The molecule has 0 saturated carbocycles. The van der Waals surface area contributed by atoms with Crippen molar-refractivity contribution in [1.29, 1.82) is 0 Å². The Bertz CT molecular complexity index is 912. The van der Waals surface area contributed by atoms with Crippen LogP contribution in [0.4, 0.5) is 13.2 Å². The molecule has 2 aromatic rings. The average molecular weight is 423 g/mol. The van der Waals surface area contributed by atoms with E-state index in [0.717, 1.165) is 12.1 Å². The van der Waals surface area contributed by atoms with Gasteiger partial charge in [-0.2, -0.15) is 13.2 Å². The number of carbonyl (C=O) groups is 2. The largest absolute Gasteiger partial charge is 0.486 e. The third-order valence-corrected chi connectivity index (χ3v) is 4.36. The van der Waals surface area contributed by atoms with Gasteiger partial charge in [-0.15, -0.1) is 0 Å². The second-order valence-electron chi connectivity index (χ2n) is 6.52. The van der Waals surface area contributed by atoms with Crippen LogP contribution in [-0.2, 0) is 22.3 Å². The first kappa shape index (κ1) is 21.5. The number of ether oxygens (including phenoxy) is 3. The Balaban J connectivity index is 1.83. The van der Waals surface area contributed by atoms with Gasteiger partial charge in [-0.05, 0) is 42.8 Å². The number of alkyl halides is 3. The maximum absolute atomic E-state index is 13.0. The van der Waals surface area contributed by atoms with Crippen molar-refractivity contribution in [3.8, 4) is 11.5 Å². The third-order valence-electron chi connectivity index (χ3n) is 4.36. The zero-order chi connectivity index (χ0) is 21.7. The number of benzene rings is 2. The van der Waals surface area contributed by atoms with Crippen molar-refractivity contribution in [2.24, 2.45) is 0 Å². The predicted octanol–water partition coefficient (Wildman–Crippen LogP) is 3.68. The lowest BCUT2D eigenvalue weighted by molar-refractivity contribution is -0.144. The monoisotopic (exact) mass is 423 g/mol. The molecule has 0 unspecified atom stereocenters. The molecular weight excluding hydrogens is 403 g/mol. The van der Waals surface area contributed by atoms with Gasteiger partial charge in [-0.1, -0.05) is 12.1 Å². The fourth-order valence-corrected chi connectivity index (χ4v) is 2.94. The van der Waals surface area contributed by atoms with E-state index in [1.54, 1.807) is 19.1 Å². The van der Waals surface area contributed by atoms with Crippen molar-refractivity contribution in [1.82, 2.24) is 4.90 Å². The number of carbonyl (C=O) groups excluding carboxylic acids is 2. The lowest BCUT2D eigenvalue weighted by Crippen LogP contribution is -2.36. The number of hydrogen-bond donors (Lipinski definition) is 0. The molecule has 2 aromatic carbocycles. The van der Waals surface area contributed by atoms with Gasteiger partial charge in [0.25, 0.3) is 5.91 Å². The second kappa shape index (κ2) is 9.06. The molecule has 0 bridgehead atoms. The van der Waals surface area contributed by atoms with E-state index in [1.165, 1.54) is 23.1 Å². The van der Waals surface area contributed by atoms with Gasteiger partial charge >= 0.3 is 12.1 Å². The molecule has 30 heavy (non-hydrogen) atoms. The summed E-state index contributed by atoms with van der Waals surface area (Å²) in [6.07, 6.45) is -4.45. The number of hydrogen-bond acceptors (Lipinski definition) is 5. The summed E-state index contributed by atoms with van der Waals surface area (Å²) in [5.74, 6) is -0.176. The minimum absolute atomic E-state index is 0.0653. The summed E-state index contributed by atoms with van der Waals surface area (Å²) in [5.41, 5.74) is -0.0880. The Morgan fingerprint density at radius 2 is 1.70 bits per heavy atom.